The maximum atomic E-state index is 11.4. The zero-order chi connectivity index (χ0) is 11.4. The van der Waals surface area contributed by atoms with Crippen molar-refractivity contribution in [3.8, 4) is 0 Å². The summed E-state index contributed by atoms with van der Waals surface area (Å²) < 4.78 is 15.6. The van der Waals surface area contributed by atoms with Crippen LogP contribution in [0.5, 0.6) is 0 Å². The lowest BCUT2D eigenvalue weighted by atomic mass is 10.00. The zero-order valence-electron chi connectivity index (χ0n) is 8.80. The van der Waals surface area contributed by atoms with Crippen LogP contribution < -0.4 is 10.4 Å². The maximum Gasteiger partial charge on any atom is 0.343 e. The first-order valence-electron chi connectivity index (χ1n) is 5.34. The van der Waals surface area contributed by atoms with Crippen molar-refractivity contribution in [3.05, 3.63) is 39.5 Å². The van der Waals surface area contributed by atoms with Crippen molar-refractivity contribution in [2.45, 2.75) is 6.10 Å². The minimum absolute atomic E-state index is 0.123. The normalized spacial score (nSPS) is 23.4. The van der Waals surface area contributed by atoms with Gasteiger partial charge >= 0.3 is 5.97 Å². The number of esters is 1. The van der Waals surface area contributed by atoms with Crippen molar-refractivity contribution in [2.24, 2.45) is 0 Å². The van der Waals surface area contributed by atoms with Crippen LogP contribution in [0.4, 0.5) is 0 Å². The van der Waals surface area contributed by atoms with E-state index in [1.54, 1.807) is 0 Å². The van der Waals surface area contributed by atoms with Crippen molar-refractivity contribution in [3.63, 3.8) is 0 Å². The summed E-state index contributed by atoms with van der Waals surface area (Å²) in [5, 5.41) is 1.80. The van der Waals surface area contributed by atoms with E-state index in [2.05, 4.69) is 0 Å². The van der Waals surface area contributed by atoms with Gasteiger partial charge in [-0.05, 0) is 35.1 Å². The standard InChI is InChI=1S/C13H8O4/c14-13-10-2-8-4-12-11(16-6-17-12)3-7(8)1-9(10)5-15-13/h1-5,12H,6H2. The molecule has 0 saturated carbocycles. The molecule has 4 rings (SSSR count). The molecule has 1 atom stereocenters. The maximum absolute atomic E-state index is 11.4. The molecule has 1 saturated heterocycles. The second kappa shape index (κ2) is 2.99. The minimum atomic E-state index is -0.297. The van der Waals surface area contributed by atoms with Gasteiger partial charge in [-0.3, -0.25) is 0 Å². The number of carbonyl (C=O) groups excluding carboxylic acids is 1. The van der Waals surface area contributed by atoms with Gasteiger partial charge in [-0.1, -0.05) is 0 Å². The molecule has 84 valence electrons. The molecule has 3 aliphatic rings. The van der Waals surface area contributed by atoms with Crippen molar-refractivity contribution < 1.29 is 19.0 Å². The topological polar surface area (TPSA) is 44.8 Å². The fraction of sp³-hybridized carbons (Fsp3) is 0.154. The SMILES string of the molecule is O=C1OC=c2cc3c(cc21)=CC1OCOC1=C3. The minimum Gasteiger partial charge on any atom is -0.469 e. The molecule has 1 aliphatic carbocycles. The van der Waals surface area contributed by atoms with E-state index < -0.39 is 0 Å². The monoisotopic (exact) mass is 228 g/mol. The number of hydrogen-bond acceptors (Lipinski definition) is 4. The van der Waals surface area contributed by atoms with Crippen LogP contribution in [0.15, 0.2) is 17.9 Å². The number of benzene rings is 1. The van der Waals surface area contributed by atoms with E-state index in [4.69, 9.17) is 14.2 Å². The van der Waals surface area contributed by atoms with Crippen molar-refractivity contribution in [2.75, 3.05) is 6.79 Å². The zero-order valence-corrected chi connectivity index (χ0v) is 8.80. The van der Waals surface area contributed by atoms with E-state index in [0.717, 1.165) is 21.8 Å². The van der Waals surface area contributed by atoms with Crippen LogP contribution in [-0.4, -0.2) is 18.9 Å². The third kappa shape index (κ3) is 1.18. The lowest BCUT2D eigenvalue weighted by Gasteiger charge is -2.10. The van der Waals surface area contributed by atoms with Gasteiger partial charge in [0.05, 0.1) is 5.56 Å². The third-order valence-corrected chi connectivity index (χ3v) is 3.15. The number of carbonyl (C=O) groups is 1. The second-order valence-electron chi connectivity index (χ2n) is 4.15. The first-order valence-corrected chi connectivity index (χ1v) is 5.34. The van der Waals surface area contributed by atoms with Gasteiger partial charge in [-0.15, -0.1) is 0 Å². The summed E-state index contributed by atoms with van der Waals surface area (Å²) in [6.45, 7) is 0.287. The molecule has 0 aromatic heterocycles. The van der Waals surface area contributed by atoms with E-state index in [9.17, 15) is 4.79 Å². The first kappa shape index (κ1) is 9.01. The van der Waals surface area contributed by atoms with Gasteiger partial charge in [-0.25, -0.2) is 4.79 Å². The Morgan fingerprint density at radius 1 is 1.24 bits per heavy atom. The number of ether oxygens (including phenoxy) is 3. The summed E-state index contributed by atoms with van der Waals surface area (Å²) >= 11 is 0. The number of rotatable bonds is 0. The van der Waals surface area contributed by atoms with Crippen LogP contribution in [0.25, 0.3) is 18.4 Å². The van der Waals surface area contributed by atoms with Crippen LogP contribution in [-0.2, 0) is 14.2 Å². The van der Waals surface area contributed by atoms with Gasteiger partial charge in [0.2, 0.25) is 0 Å². The molecule has 1 aromatic rings. The highest BCUT2D eigenvalue weighted by molar-refractivity contribution is 5.94. The molecule has 1 unspecified atom stereocenters. The van der Waals surface area contributed by atoms with Gasteiger partial charge in [0, 0.05) is 5.22 Å². The second-order valence-corrected chi connectivity index (χ2v) is 4.15. The van der Waals surface area contributed by atoms with Gasteiger partial charge in [-0.2, -0.15) is 0 Å². The van der Waals surface area contributed by atoms with Crippen molar-refractivity contribution in [1.82, 2.24) is 0 Å². The third-order valence-electron chi connectivity index (χ3n) is 3.15. The first-order chi connectivity index (χ1) is 8.31. The predicted octanol–water partition coefficient (Wildman–Crippen LogP) is 0.103. The highest BCUT2D eigenvalue weighted by Crippen LogP contribution is 2.23. The predicted molar refractivity (Wildman–Crippen MR) is 58.8 cm³/mol. The Morgan fingerprint density at radius 2 is 2.18 bits per heavy atom. The molecule has 17 heavy (non-hydrogen) atoms. The Morgan fingerprint density at radius 3 is 3.12 bits per heavy atom. The fourth-order valence-corrected chi connectivity index (χ4v) is 2.28. The Kier molecular flexibility index (Phi) is 1.58. The van der Waals surface area contributed by atoms with E-state index >= 15 is 0 Å². The molecule has 0 radical (unpaired) electrons. The molecule has 1 aromatic carbocycles. The van der Waals surface area contributed by atoms with Gasteiger partial charge in [0.1, 0.15) is 18.1 Å². The Balaban J connectivity index is 2.01. The summed E-state index contributed by atoms with van der Waals surface area (Å²) in [5.74, 6) is 0.525. The Bertz CT molecular complexity index is 684. The summed E-state index contributed by atoms with van der Waals surface area (Å²) in [6, 6.07) is 3.77. The number of cyclic esters (lactones) is 1. The molecular formula is C13H8O4. The number of fused-ring (bicyclic) bond motifs is 3. The van der Waals surface area contributed by atoms with E-state index in [0.29, 0.717) is 5.56 Å². The summed E-state index contributed by atoms with van der Waals surface area (Å²) in [6.07, 6.45) is 5.27. The molecule has 0 N–H and O–H groups in total. The highest BCUT2D eigenvalue weighted by Gasteiger charge is 2.25. The van der Waals surface area contributed by atoms with Gasteiger partial charge in [0.25, 0.3) is 0 Å². The lowest BCUT2D eigenvalue weighted by Crippen LogP contribution is -2.23. The Hall–Kier alpha value is -2.07. The van der Waals surface area contributed by atoms with Crippen molar-refractivity contribution >= 4 is 24.4 Å². The molecule has 0 bridgehead atoms. The molecule has 4 nitrogen and oxygen atoms in total. The molecule has 0 spiro atoms. The van der Waals surface area contributed by atoms with E-state index in [1.807, 2.05) is 24.3 Å². The highest BCUT2D eigenvalue weighted by atomic mass is 16.7. The van der Waals surface area contributed by atoms with Crippen LogP contribution in [0.1, 0.15) is 15.9 Å². The molecule has 4 heteroatoms. The fourth-order valence-electron chi connectivity index (χ4n) is 2.28. The molecular weight excluding hydrogens is 220 g/mol. The Labute approximate surface area is 96.4 Å². The summed E-state index contributed by atoms with van der Waals surface area (Å²) in [7, 11) is 0. The number of hydrogen-bond donors (Lipinski definition) is 0. The van der Waals surface area contributed by atoms with Crippen LogP contribution in [0.2, 0.25) is 0 Å². The van der Waals surface area contributed by atoms with E-state index in [1.165, 1.54) is 6.26 Å². The lowest BCUT2D eigenvalue weighted by molar-refractivity contribution is 0.0667. The molecule has 2 aliphatic heterocycles. The van der Waals surface area contributed by atoms with Crippen LogP contribution in [0.3, 0.4) is 0 Å². The summed E-state index contributed by atoms with van der Waals surface area (Å²) in [5.41, 5.74) is 1.63. The summed E-state index contributed by atoms with van der Waals surface area (Å²) in [4.78, 5) is 11.4. The van der Waals surface area contributed by atoms with Crippen LogP contribution in [0, 0.1) is 0 Å². The quantitative estimate of drug-likeness (QED) is 0.591. The molecule has 2 heterocycles. The van der Waals surface area contributed by atoms with Gasteiger partial charge < -0.3 is 14.2 Å². The van der Waals surface area contributed by atoms with Gasteiger partial charge in [0.15, 0.2) is 6.79 Å². The van der Waals surface area contributed by atoms with Crippen molar-refractivity contribution in [1.29, 1.82) is 0 Å². The van der Waals surface area contributed by atoms with E-state index in [-0.39, 0.29) is 18.9 Å². The smallest absolute Gasteiger partial charge is 0.343 e. The van der Waals surface area contributed by atoms with Crippen LogP contribution >= 0.6 is 0 Å². The molecule has 0 amide bonds. The average molecular weight is 228 g/mol. The molecule has 1 fully saturated rings. The average Bonchev–Trinajstić information content (AvgIpc) is 2.91. The largest absolute Gasteiger partial charge is 0.469 e.